The molecule has 14 heavy (non-hydrogen) atoms. The first-order chi connectivity index (χ1) is 6.58. The van der Waals surface area contributed by atoms with E-state index in [0.29, 0.717) is 0 Å². The maximum atomic E-state index is 10.6. The third-order valence-electron chi connectivity index (χ3n) is 2.50. The van der Waals surface area contributed by atoms with Gasteiger partial charge >= 0.3 is 6.09 Å². The van der Waals surface area contributed by atoms with Gasteiger partial charge in [0.15, 0.2) is 0 Å². The van der Waals surface area contributed by atoms with Crippen molar-refractivity contribution >= 4 is 6.09 Å². The Morgan fingerprint density at radius 1 is 1.43 bits per heavy atom. The van der Waals surface area contributed by atoms with Crippen LogP contribution in [-0.2, 0) is 5.54 Å². The fourth-order valence-corrected chi connectivity index (χ4v) is 1.41. The van der Waals surface area contributed by atoms with E-state index in [-0.39, 0.29) is 0 Å². The fourth-order valence-electron chi connectivity index (χ4n) is 1.41. The molecule has 0 aliphatic heterocycles. The molecule has 0 saturated carbocycles. The van der Waals surface area contributed by atoms with E-state index in [1.54, 1.807) is 0 Å². The highest BCUT2D eigenvalue weighted by Gasteiger charge is 2.25. The monoisotopic (exact) mass is 193 g/mol. The second-order valence-electron chi connectivity index (χ2n) is 3.48. The molecule has 0 radical (unpaired) electrons. The second-order valence-corrected chi connectivity index (χ2v) is 3.48. The van der Waals surface area contributed by atoms with E-state index in [4.69, 9.17) is 5.11 Å². The smallest absolute Gasteiger partial charge is 0.405 e. The van der Waals surface area contributed by atoms with Crippen LogP contribution in [0.2, 0.25) is 0 Å². The zero-order valence-corrected chi connectivity index (χ0v) is 8.45. The number of nitrogens with one attached hydrogen (secondary N) is 1. The Bertz CT molecular complexity index is 310. The lowest BCUT2D eigenvalue weighted by Gasteiger charge is -2.28. The van der Waals surface area contributed by atoms with Crippen molar-refractivity contribution in [2.45, 2.75) is 25.8 Å². The largest absolute Gasteiger partial charge is 0.465 e. The van der Waals surface area contributed by atoms with Gasteiger partial charge in [0, 0.05) is 0 Å². The van der Waals surface area contributed by atoms with Crippen molar-refractivity contribution in [3.05, 3.63) is 35.9 Å². The number of hydrogen-bond donors (Lipinski definition) is 2. The molecule has 0 heterocycles. The molecule has 1 amide bonds. The van der Waals surface area contributed by atoms with E-state index < -0.39 is 11.6 Å². The van der Waals surface area contributed by atoms with Crippen LogP contribution in [0.1, 0.15) is 25.8 Å². The van der Waals surface area contributed by atoms with Crippen molar-refractivity contribution < 1.29 is 9.90 Å². The zero-order chi connectivity index (χ0) is 10.6. The summed E-state index contributed by atoms with van der Waals surface area (Å²) in [5, 5.41) is 11.3. The van der Waals surface area contributed by atoms with Crippen molar-refractivity contribution in [3.63, 3.8) is 0 Å². The van der Waals surface area contributed by atoms with Crippen molar-refractivity contribution in [3.8, 4) is 0 Å². The topological polar surface area (TPSA) is 49.3 Å². The molecule has 0 spiro atoms. The molecular weight excluding hydrogens is 178 g/mol. The summed E-state index contributed by atoms with van der Waals surface area (Å²) < 4.78 is 0. The van der Waals surface area contributed by atoms with Crippen molar-refractivity contribution in [1.82, 2.24) is 5.32 Å². The minimum Gasteiger partial charge on any atom is -0.465 e. The fraction of sp³-hybridized carbons (Fsp3) is 0.364. The number of carbonyl (C=O) groups is 1. The summed E-state index contributed by atoms with van der Waals surface area (Å²) in [5.41, 5.74) is 0.498. The Hall–Kier alpha value is -1.51. The Balaban J connectivity index is 2.95. The molecule has 0 aliphatic rings. The second kappa shape index (κ2) is 4.13. The van der Waals surface area contributed by atoms with Crippen LogP contribution in [0, 0.1) is 0 Å². The predicted molar refractivity (Wildman–Crippen MR) is 55.2 cm³/mol. The van der Waals surface area contributed by atoms with E-state index in [1.165, 1.54) is 0 Å². The lowest BCUT2D eigenvalue weighted by molar-refractivity contribution is 0.178. The molecule has 0 aliphatic carbocycles. The van der Waals surface area contributed by atoms with Crippen LogP contribution in [0.15, 0.2) is 30.3 Å². The van der Waals surface area contributed by atoms with Crippen LogP contribution < -0.4 is 5.32 Å². The molecule has 1 unspecified atom stereocenters. The van der Waals surface area contributed by atoms with Gasteiger partial charge in [-0.1, -0.05) is 37.3 Å². The average Bonchev–Trinajstić information content (AvgIpc) is 2.18. The van der Waals surface area contributed by atoms with Crippen molar-refractivity contribution in [2.75, 3.05) is 0 Å². The summed E-state index contributed by atoms with van der Waals surface area (Å²) in [5.74, 6) is 0. The predicted octanol–water partition coefficient (Wildman–Crippen LogP) is 2.58. The van der Waals surface area contributed by atoms with Crippen LogP contribution in [0.4, 0.5) is 4.79 Å². The number of amides is 1. The van der Waals surface area contributed by atoms with Crippen LogP contribution in [0.25, 0.3) is 0 Å². The lowest BCUT2D eigenvalue weighted by Crippen LogP contribution is -2.42. The van der Waals surface area contributed by atoms with E-state index in [1.807, 2.05) is 44.2 Å². The number of carboxylic acid groups (broad SMARTS) is 1. The Morgan fingerprint density at radius 2 is 2.00 bits per heavy atom. The third-order valence-corrected chi connectivity index (χ3v) is 2.50. The van der Waals surface area contributed by atoms with E-state index in [9.17, 15) is 4.79 Å². The minimum absolute atomic E-state index is 0.493. The summed E-state index contributed by atoms with van der Waals surface area (Å²) in [6.07, 6.45) is -0.262. The first-order valence-electron chi connectivity index (χ1n) is 4.65. The van der Waals surface area contributed by atoms with Gasteiger partial charge in [0.05, 0.1) is 5.54 Å². The number of benzene rings is 1. The van der Waals surface area contributed by atoms with Crippen molar-refractivity contribution in [2.24, 2.45) is 0 Å². The molecule has 3 nitrogen and oxygen atoms in total. The normalized spacial score (nSPS) is 14.4. The van der Waals surface area contributed by atoms with Gasteiger partial charge < -0.3 is 10.4 Å². The quantitative estimate of drug-likeness (QED) is 0.775. The molecule has 0 fully saturated rings. The maximum Gasteiger partial charge on any atom is 0.405 e. The summed E-state index contributed by atoms with van der Waals surface area (Å²) >= 11 is 0. The molecule has 0 saturated heterocycles. The Morgan fingerprint density at radius 3 is 2.43 bits per heavy atom. The van der Waals surface area contributed by atoms with Gasteiger partial charge in [0.2, 0.25) is 0 Å². The van der Waals surface area contributed by atoms with Gasteiger partial charge in [-0.25, -0.2) is 4.79 Å². The van der Waals surface area contributed by atoms with Crippen LogP contribution in [0.5, 0.6) is 0 Å². The highest BCUT2D eigenvalue weighted by molar-refractivity contribution is 5.66. The highest BCUT2D eigenvalue weighted by atomic mass is 16.4. The molecule has 0 aromatic heterocycles. The average molecular weight is 193 g/mol. The first-order valence-corrected chi connectivity index (χ1v) is 4.65. The molecule has 1 aromatic rings. The third kappa shape index (κ3) is 2.25. The van der Waals surface area contributed by atoms with Gasteiger partial charge in [0.1, 0.15) is 0 Å². The Labute approximate surface area is 83.8 Å². The number of hydrogen-bond acceptors (Lipinski definition) is 1. The molecule has 0 bridgehead atoms. The Kier molecular flexibility index (Phi) is 3.12. The molecular formula is C11H15NO2. The van der Waals surface area contributed by atoms with Crippen LogP contribution in [0.3, 0.4) is 0 Å². The van der Waals surface area contributed by atoms with Crippen molar-refractivity contribution in [1.29, 1.82) is 0 Å². The molecule has 1 rings (SSSR count). The summed E-state index contributed by atoms with van der Waals surface area (Å²) in [6.45, 7) is 3.85. The summed E-state index contributed by atoms with van der Waals surface area (Å²) in [4.78, 5) is 10.6. The lowest BCUT2D eigenvalue weighted by atomic mass is 9.89. The van der Waals surface area contributed by atoms with Gasteiger partial charge in [0.25, 0.3) is 0 Å². The minimum atomic E-state index is -0.988. The maximum absolute atomic E-state index is 10.6. The summed E-state index contributed by atoms with van der Waals surface area (Å²) in [7, 11) is 0. The highest BCUT2D eigenvalue weighted by Crippen LogP contribution is 2.23. The number of rotatable bonds is 3. The van der Waals surface area contributed by atoms with Gasteiger partial charge in [-0.3, -0.25) is 0 Å². The molecule has 2 N–H and O–H groups in total. The van der Waals surface area contributed by atoms with Gasteiger partial charge in [-0.2, -0.15) is 0 Å². The van der Waals surface area contributed by atoms with Crippen LogP contribution >= 0.6 is 0 Å². The summed E-state index contributed by atoms with van der Waals surface area (Å²) in [6, 6.07) is 9.60. The first kappa shape index (κ1) is 10.6. The zero-order valence-electron chi connectivity index (χ0n) is 8.45. The standard InChI is InChI=1S/C11H15NO2/c1-3-11(2,12-10(13)14)9-7-5-4-6-8-9/h4-8,12H,3H2,1-2H3,(H,13,14). The SMILES string of the molecule is CCC(C)(NC(=O)O)c1ccccc1. The molecule has 1 atom stereocenters. The van der Waals surface area contributed by atoms with E-state index in [0.717, 1.165) is 12.0 Å². The molecule has 76 valence electrons. The van der Waals surface area contributed by atoms with E-state index >= 15 is 0 Å². The van der Waals surface area contributed by atoms with Gasteiger partial charge in [-0.15, -0.1) is 0 Å². The van der Waals surface area contributed by atoms with E-state index in [2.05, 4.69) is 5.32 Å². The van der Waals surface area contributed by atoms with Crippen LogP contribution in [-0.4, -0.2) is 11.2 Å². The van der Waals surface area contributed by atoms with Gasteiger partial charge in [-0.05, 0) is 18.9 Å². The molecule has 1 aromatic carbocycles. The molecule has 3 heteroatoms.